The standard InChI is InChI=1S/C44H33P2.2C2HF3O2.Ru/c1-5-19-35(20-6-1)45(36-21-7-2-8-22-36)41-31-29-33-17-13-15-27-39(33)43(41)44-40-28-16-14-18-34(40)30-32-42(44)46(37-23-9-3-10-24-37)38-25-11-4-12-26-38;2*3-2(4,5)1(6)7;/h1-32,43H;2*(H,6,7);/q-1;;;+3/p-2. The molecule has 1 unspecified atom stereocenters. The topological polar surface area (TPSA) is 80.3 Å². The molecule has 0 saturated heterocycles. The Morgan fingerprint density at radius 2 is 0.902 bits per heavy atom. The van der Waals surface area contributed by atoms with Gasteiger partial charge in [0.2, 0.25) is 0 Å². The van der Waals surface area contributed by atoms with Crippen molar-refractivity contribution in [1.29, 1.82) is 0 Å². The summed E-state index contributed by atoms with van der Waals surface area (Å²) in [6, 6.07) is 67.4. The van der Waals surface area contributed by atoms with Crippen LogP contribution in [0.25, 0.3) is 16.8 Å². The molecule has 0 aliphatic heterocycles. The second-order valence-electron chi connectivity index (χ2n) is 13.1. The van der Waals surface area contributed by atoms with Gasteiger partial charge in [-0.3, -0.25) is 0 Å². The quantitative estimate of drug-likeness (QED) is 0.0703. The minimum atomic E-state index is -5.19. The van der Waals surface area contributed by atoms with E-state index in [1.54, 1.807) is 0 Å². The van der Waals surface area contributed by atoms with Crippen LogP contribution < -0.4 is 36.7 Å². The average molecular weight is 951 g/mol. The van der Waals surface area contributed by atoms with Crippen LogP contribution in [0, 0.1) is 5.66 Å². The van der Waals surface area contributed by atoms with Crippen molar-refractivity contribution >= 4 is 71.2 Å². The molecule has 309 valence electrons. The SMILES string of the molecule is C1=C[C-](P(c2ccccc2)c2ccccc2)C(c2c(P(c3ccccc3)c3ccccc3)ccc3ccccc23)c2ccccc21.O=C([O-])C(F)(F)F.O=C([O-])C(F)(F)F.[Ru+3]. The third kappa shape index (κ3) is 11.4. The molecule has 1 radical (unpaired) electrons. The van der Waals surface area contributed by atoms with Gasteiger partial charge >= 0.3 is 31.8 Å². The van der Waals surface area contributed by atoms with Crippen molar-refractivity contribution in [3.05, 3.63) is 210 Å². The van der Waals surface area contributed by atoms with Gasteiger partial charge < -0.3 is 19.8 Å². The summed E-state index contributed by atoms with van der Waals surface area (Å²) < 4.78 is 63.1. The fourth-order valence-corrected chi connectivity index (χ4v) is 11.9. The molecule has 8 rings (SSSR count). The summed E-state index contributed by atoms with van der Waals surface area (Å²) in [7, 11) is -1.65. The Kier molecular flexibility index (Phi) is 15.8. The van der Waals surface area contributed by atoms with Gasteiger partial charge in [-0.25, -0.2) is 12.2 Å². The third-order valence-corrected chi connectivity index (χ3v) is 14.3. The molecule has 0 amide bonds. The number of allylic oxidation sites excluding steroid dienone is 1. The molecular weight excluding hydrogens is 918 g/mol. The van der Waals surface area contributed by atoms with Crippen molar-refractivity contribution in [2.24, 2.45) is 0 Å². The van der Waals surface area contributed by atoms with E-state index >= 15 is 0 Å². The molecule has 13 heteroatoms. The number of halogens is 6. The Bertz CT molecular complexity index is 2450. The van der Waals surface area contributed by atoms with E-state index in [1.165, 1.54) is 59.6 Å². The maximum Gasteiger partial charge on any atom is 3.00 e. The van der Waals surface area contributed by atoms with E-state index in [0.29, 0.717) is 0 Å². The van der Waals surface area contributed by atoms with Gasteiger partial charge in [0.15, 0.2) is 0 Å². The van der Waals surface area contributed by atoms with Crippen LogP contribution in [0.3, 0.4) is 0 Å². The fourth-order valence-electron chi connectivity index (χ4n) is 6.83. The Hall–Kier alpha value is -5.59. The smallest absolute Gasteiger partial charge is 0.542 e. The van der Waals surface area contributed by atoms with Gasteiger partial charge in [-0.2, -0.15) is 32.0 Å². The van der Waals surface area contributed by atoms with E-state index < -0.39 is 40.1 Å². The van der Waals surface area contributed by atoms with Crippen LogP contribution >= 0.6 is 15.8 Å². The third-order valence-electron chi connectivity index (χ3n) is 9.29. The van der Waals surface area contributed by atoms with Crippen molar-refractivity contribution in [2.75, 3.05) is 0 Å². The number of hydrogen-bond acceptors (Lipinski definition) is 4. The van der Waals surface area contributed by atoms with Gasteiger partial charge in [0.25, 0.3) is 0 Å². The van der Waals surface area contributed by atoms with Crippen molar-refractivity contribution in [1.82, 2.24) is 0 Å². The maximum absolute atomic E-state index is 10.5. The van der Waals surface area contributed by atoms with Crippen LogP contribution in [0.15, 0.2) is 188 Å². The first-order valence-corrected chi connectivity index (χ1v) is 21.0. The number of carbonyl (C=O) groups excluding carboxylic acids is 2. The van der Waals surface area contributed by atoms with E-state index in [2.05, 4.69) is 194 Å². The second kappa shape index (κ2) is 20.8. The van der Waals surface area contributed by atoms with Gasteiger partial charge in [-0.15, -0.1) is 13.5 Å². The normalized spacial score (nSPS) is 13.2. The molecule has 0 spiro atoms. The number of aliphatic carboxylic acids is 2. The number of rotatable bonds is 7. The van der Waals surface area contributed by atoms with Crippen LogP contribution in [-0.4, -0.2) is 24.3 Å². The average Bonchev–Trinajstić information content (AvgIpc) is 3.25. The molecule has 0 heterocycles. The minimum Gasteiger partial charge on any atom is -0.542 e. The number of carboxylic acid groups (broad SMARTS) is 2. The molecule has 7 aromatic rings. The van der Waals surface area contributed by atoms with Gasteiger partial charge in [-0.1, -0.05) is 188 Å². The summed E-state index contributed by atoms with van der Waals surface area (Å²) in [5, 5.41) is 27.1. The predicted octanol–water partition coefficient (Wildman–Crippen LogP) is 8.02. The molecule has 7 aromatic carbocycles. The van der Waals surface area contributed by atoms with Gasteiger partial charge in [0.1, 0.15) is 11.9 Å². The number of carboxylic acids is 2. The summed E-state index contributed by atoms with van der Waals surface area (Å²) in [5.41, 5.74) is 5.59. The van der Waals surface area contributed by atoms with Crippen LogP contribution in [0.5, 0.6) is 0 Å². The zero-order chi connectivity index (χ0) is 42.9. The van der Waals surface area contributed by atoms with Gasteiger partial charge in [0, 0.05) is 0 Å². The first-order chi connectivity index (χ1) is 28.8. The molecule has 0 aromatic heterocycles. The Morgan fingerprint density at radius 1 is 0.508 bits per heavy atom. The predicted molar refractivity (Wildman–Crippen MR) is 224 cm³/mol. The molecule has 4 nitrogen and oxygen atoms in total. The molecule has 1 aliphatic carbocycles. The largest absolute Gasteiger partial charge is 3.00 e. The first-order valence-electron chi connectivity index (χ1n) is 18.3. The van der Waals surface area contributed by atoms with Crippen LogP contribution in [0.2, 0.25) is 0 Å². The molecule has 1 aliphatic rings. The molecule has 61 heavy (non-hydrogen) atoms. The van der Waals surface area contributed by atoms with Gasteiger partial charge in [-0.05, 0) is 56.7 Å². The summed E-state index contributed by atoms with van der Waals surface area (Å²) >= 11 is 0. The van der Waals surface area contributed by atoms with E-state index in [0.717, 1.165) is 0 Å². The molecule has 0 bridgehead atoms. The van der Waals surface area contributed by atoms with Crippen LogP contribution in [0.4, 0.5) is 26.3 Å². The number of benzene rings is 7. The molecular formula is C48H33F6O4P2Ru. The molecule has 0 fully saturated rings. The van der Waals surface area contributed by atoms with Crippen LogP contribution in [-0.2, 0) is 29.1 Å². The maximum atomic E-state index is 10.5. The monoisotopic (exact) mass is 951 g/mol. The first kappa shape index (κ1) is 46.5. The van der Waals surface area contributed by atoms with E-state index in [9.17, 15) is 26.3 Å². The number of alkyl halides is 6. The zero-order valence-corrected chi connectivity index (χ0v) is 35.2. The van der Waals surface area contributed by atoms with E-state index in [1.807, 2.05) is 0 Å². The Labute approximate surface area is 363 Å². The summed E-state index contributed by atoms with van der Waals surface area (Å²) in [4.78, 5) is 17.6. The van der Waals surface area contributed by atoms with Crippen molar-refractivity contribution in [2.45, 2.75) is 18.3 Å². The number of hydrogen-bond donors (Lipinski definition) is 0. The van der Waals surface area contributed by atoms with Gasteiger partial charge in [0.05, 0.1) is 0 Å². The van der Waals surface area contributed by atoms with E-state index in [-0.39, 0.29) is 25.4 Å². The fraction of sp³-hybridized carbons (Fsp3) is 0.0625. The van der Waals surface area contributed by atoms with Crippen molar-refractivity contribution in [3.63, 3.8) is 0 Å². The Balaban J connectivity index is 0.000000407. The van der Waals surface area contributed by atoms with Crippen LogP contribution in [0.1, 0.15) is 22.6 Å². The molecule has 1 atom stereocenters. The molecule has 0 N–H and O–H groups in total. The minimum absolute atomic E-state index is 0. The summed E-state index contributed by atoms with van der Waals surface area (Å²) in [6.45, 7) is 0. The summed E-state index contributed by atoms with van der Waals surface area (Å²) in [6.07, 6.45) is -5.58. The zero-order valence-electron chi connectivity index (χ0n) is 31.7. The van der Waals surface area contributed by atoms with Crippen molar-refractivity contribution in [3.8, 4) is 0 Å². The second-order valence-corrected chi connectivity index (χ2v) is 17.5. The number of carbonyl (C=O) groups is 2. The summed E-state index contributed by atoms with van der Waals surface area (Å²) in [5.74, 6) is -5.92. The molecule has 0 saturated carbocycles. The van der Waals surface area contributed by atoms with E-state index in [4.69, 9.17) is 19.8 Å². The number of fused-ring (bicyclic) bond motifs is 2. The van der Waals surface area contributed by atoms with Crippen molar-refractivity contribution < 1.29 is 65.6 Å². The Morgan fingerprint density at radius 3 is 1.36 bits per heavy atom.